The van der Waals surface area contributed by atoms with E-state index >= 15 is 0 Å². The van der Waals surface area contributed by atoms with Gasteiger partial charge in [-0.15, -0.1) is 0 Å². The third kappa shape index (κ3) is 3.19. The zero-order chi connectivity index (χ0) is 12.1. The molecule has 1 aliphatic carbocycles. The topological polar surface area (TPSA) is 55.2 Å². The summed E-state index contributed by atoms with van der Waals surface area (Å²) in [6, 6.07) is 6.83. The van der Waals surface area contributed by atoms with Crippen molar-refractivity contribution in [3.8, 4) is 0 Å². The summed E-state index contributed by atoms with van der Waals surface area (Å²) in [5.74, 6) is 0.810. The molecule has 4 heteroatoms. The molecular weight excluding hydrogens is 216 g/mol. The van der Waals surface area contributed by atoms with Gasteiger partial charge in [-0.3, -0.25) is 10.1 Å². The lowest BCUT2D eigenvalue weighted by Gasteiger charge is -2.10. The van der Waals surface area contributed by atoms with Crippen LogP contribution in [-0.4, -0.2) is 11.5 Å². The minimum atomic E-state index is -0.335. The fraction of sp³-hybridized carbons (Fsp3) is 0.538. The van der Waals surface area contributed by atoms with Gasteiger partial charge in [-0.25, -0.2) is 0 Å². The highest BCUT2D eigenvalue weighted by atomic mass is 16.6. The van der Waals surface area contributed by atoms with Gasteiger partial charge in [0, 0.05) is 12.6 Å². The molecule has 1 saturated carbocycles. The summed E-state index contributed by atoms with van der Waals surface area (Å²) in [5.41, 5.74) is 0.800. The number of nitrogens with one attached hydrogen (secondary N) is 1. The maximum absolute atomic E-state index is 10.8. The number of nitro benzene ring substituents is 1. The van der Waals surface area contributed by atoms with E-state index in [-0.39, 0.29) is 10.6 Å². The van der Waals surface area contributed by atoms with Gasteiger partial charge in [0.25, 0.3) is 5.69 Å². The Kier molecular flexibility index (Phi) is 3.96. The largest absolute Gasteiger partial charge is 0.379 e. The number of hydrogen-bond donors (Lipinski definition) is 1. The van der Waals surface area contributed by atoms with Crippen molar-refractivity contribution in [1.82, 2.24) is 0 Å². The number of anilines is 1. The maximum atomic E-state index is 10.8. The SMILES string of the molecule is O=[N+]([O-])c1ccccc1NCCC1CCCC1. The fourth-order valence-electron chi connectivity index (χ4n) is 2.49. The Labute approximate surface area is 101 Å². The highest BCUT2D eigenvalue weighted by molar-refractivity contribution is 5.60. The summed E-state index contributed by atoms with van der Waals surface area (Å²) in [7, 11) is 0. The van der Waals surface area contributed by atoms with Crippen molar-refractivity contribution in [2.45, 2.75) is 32.1 Å². The highest BCUT2D eigenvalue weighted by Gasteiger charge is 2.15. The smallest absolute Gasteiger partial charge is 0.292 e. The third-order valence-corrected chi connectivity index (χ3v) is 3.44. The lowest BCUT2D eigenvalue weighted by molar-refractivity contribution is -0.384. The molecule has 17 heavy (non-hydrogen) atoms. The molecule has 4 nitrogen and oxygen atoms in total. The first-order chi connectivity index (χ1) is 8.27. The van der Waals surface area contributed by atoms with Gasteiger partial charge in [0.1, 0.15) is 5.69 Å². The van der Waals surface area contributed by atoms with E-state index in [1.54, 1.807) is 12.1 Å². The lowest BCUT2D eigenvalue weighted by Crippen LogP contribution is -2.08. The van der Waals surface area contributed by atoms with Crippen LogP contribution in [0.15, 0.2) is 24.3 Å². The molecule has 1 N–H and O–H groups in total. The van der Waals surface area contributed by atoms with Crippen LogP contribution in [0.1, 0.15) is 32.1 Å². The molecule has 92 valence electrons. The Morgan fingerprint density at radius 1 is 1.29 bits per heavy atom. The predicted molar refractivity (Wildman–Crippen MR) is 68.2 cm³/mol. The van der Waals surface area contributed by atoms with Crippen LogP contribution in [0, 0.1) is 16.0 Å². The van der Waals surface area contributed by atoms with Crippen molar-refractivity contribution in [3.63, 3.8) is 0 Å². The summed E-state index contributed by atoms with van der Waals surface area (Å²) in [4.78, 5) is 10.5. The molecule has 1 aromatic carbocycles. The number of nitrogens with zero attached hydrogens (tertiary/aromatic N) is 1. The number of hydrogen-bond acceptors (Lipinski definition) is 3. The zero-order valence-corrected chi connectivity index (χ0v) is 9.89. The zero-order valence-electron chi connectivity index (χ0n) is 9.89. The molecule has 0 bridgehead atoms. The maximum Gasteiger partial charge on any atom is 0.292 e. The number of benzene rings is 1. The van der Waals surface area contributed by atoms with Gasteiger partial charge in [0.2, 0.25) is 0 Å². The first-order valence-electron chi connectivity index (χ1n) is 6.24. The van der Waals surface area contributed by atoms with Gasteiger partial charge in [-0.2, -0.15) is 0 Å². The van der Waals surface area contributed by atoms with E-state index in [1.807, 2.05) is 6.07 Å². The van der Waals surface area contributed by atoms with E-state index in [0.717, 1.165) is 18.9 Å². The Morgan fingerprint density at radius 2 is 2.00 bits per heavy atom. The first kappa shape index (κ1) is 11.9. The van der Waals surface area contributed by atoms with Crippen molar-refractivity contribution in [1.29, 1.82) is 0 Å². The van der Waals surface area contributed by atoms with Crippen LogP contribution in [0.2, 0.25) is 0 Å². The van der Waals surface area contributed by atoms with Crippen molar-refractivity contribution >= 4 is 11.4 Å². The Hall–Kier alpha value is -1.58. The van der Waals surface area contributed by atoms with Crippen LogP contribution in [0.3, 0.4) is 0 Å². The van der Waals surface area contributed by atoms with Gasteiger partial charge in [-0.05, 0) is 18.4 Å². The Morgan fingerprint density at radius 3 is 2.71 bits per heavy atom. The van der Waals surface area contributed by atoms with E-state index < -0.39 is 0 Å². The Bertz CT molecular complexity index is 387. The molecular formula is C13H18N2O2. The van der Waals surface area contributed by atoms with Crippen LogP contribution in [0.25, 0.3) is 0 Å². The van der Waals surface area contributed by atoms with Gasteiger partial charge >= 0.3 is 0 Å². The number of nitro groups is 1. The molecule has 1 fully saturated rings. The molecule has 0 atom stereocenters. The number of rotatable bonds is 5. The van der Waals surface area contributed by atoms with Crippen molar-refractivity contribution < 1.29 is 4.92 Å². The van der Waals surface area contributed by atoms with Crippen LogP contribution in [0.4, 0.5) is 11.4 Å². The predicted octanol–water partition coefficient (Wildman–Crippen LogP) is 3.59. The molecule has 1 aliphatic rings. The van der Waals surface area contributed by atoms with Crippen molar-refractivity contribution in [2.24, 2.45) is 5.92 Å². The lowest BCUT2D eigenvalue weighted by atomic mass is 10.0. The first-order valence-corrected chi connectivity index (χ1v) is 6.24. The molecule has 2 rings (SSSR count). The molecule has 0 saturated heterocycles. The summed E-state index contributed by atoms with van der Waals surface area (Å²) in [5, 5.41) is 14.0. The molecule has 0 aliphatic heterocycles. The van der Waals surface area contributed by atoms with Gasteiger partial charge < -0.3 is 5.32 Å². The van der Waals surface area contributed by atoms with Crippen LogP contribution >= 0.6 is 0 Å². The molecule has 0 heterocycles. The Balaban J connectivity index is 1.87. The monoisotopic (exact) mass is 234 g/mol. The standard InChI is InChI=1S/C13H18N2O2/c16-15(17)13-8-4-3-7-12(13)14-10-9-11-5-1-2-6-11/h3-4,7-8,11,14H,1-2,5-6,9-10H2. The summed E-state index contributed by atoms with van der Waals surface area (Å²) >= 11 is 0. The van der Waals surface area contributed by atoms with Gasteiger partial charge in [0.15, 0.2) is 0 Å². The van der Waals surface area contributed by atoms with Crippen LogP contribution < -0.4 is 5.32 Å². The fourth-order valence-corrected chi connectivity index (χ4v) is 2.49. The van der Waals surface area contributed by atoms with E-state index in [2.05, 4.69) is 5.32 Å². The molecule has 0 unspecified atom stereocenters. The minimum absolute atomic E-state index is 0.166. The third-order valence-electron chi connectivity index (χ3n) is 3.44. The quantitative estimate of drug-likeness (QED) is 0.625. The second-order valence-corrected chi connectivity index (χ2v) is 4.64. The molecule has 0 aromatic heterocycles. The van der Waals surface area contributed by atoms with Crippen LogP contribution in [-0.2, 0) is 0 Å². The van der Waals surface area contributed by atoms with E-state index in [4.69, 9.17) is 0 Å². The number of para-hydroxylation sites is 2. The average molecular weight is 234 g/mol. The van der Waals surface area contributed by atoms with Gasteiger partial charge in [0.05, 0.1) is 4.92 Å². The molecule has 0 spiro atoms. The molecule has 1 aromatic rings. The summed E-state index contributed by atoms with van der Waals surface area (Å²) in [6.07, 6.45) is 6.44. The van der Waals surface area contributed by atoms with Crippen LogP contribution in [0.5, 0.6) is 0 Å². The van der Waals surface area contributed by atoms with E-state index in [1.165, 1.54) is 31.7 Å². The molecule has 0 radical (unpaired) electrons. The normalized spacial score (nSPS) is 16.0. The minimum Gasteiger partial charge on any atom is -0.379 e. The molecule has 0 amide bonds. The summed E-state index contributed by atoms with van der Waals surface area (Å²) < 4.78 is 0. The van der Waals surface area contributed by atoms with Crippen molar-refractivity contribution in [3.05, 3.63) is 34.4 Å². The van der Waals surface area contributed by atoms with Crippen molar-refractivity contribution in [2.75, 3.05) is 11.9 Å². The van der Waals surface area contributed by atoms with E-state index in [9.17, 15) is 10.1 Å². The van der Waals surface area contributed by atoms with E-state index in [0.29, 0.717) is 5.69 Å². The second-order valence-electron chi connectivity index (χ2n) is 4.64. The average Bonchev–Trinajstić information content (AvgIpc) is 2.82. The van der Waals surface area contributed by atoms with Gasteiger partial charge in [-0.1, -0.05) is 37.8 Å². The second kappa shape index (κ2) is 5.66. The summed E-state index contributed by atoms with van der Waals surface area (Å²) in [6.45, 7) is 0.829. The highest BCUT2D eigenvalue weighted by Crippen LogP contribution is 2.28.